The topological polar surface area (TPSA) is 84.1 Å². The second-order valence-electron chi connectivity index (χ2n) is 4.21. The van der Waals surface area contributed by atoms with E-state index in [4.69, 9.17) is 22.4 Å². The molecule has 3 atom stereocenters. The van der Waals surface area contributed by atoms with E-state index in [0.29, 0.717) is 18.7 Å². The van der Waals surface area contributed by atoms with Gasteiger partial charge < -0.3 is 16.2 Å². The molecule has 0 aromatic carbocycles. The predicted molar refractivity (Wildman–Crippen MR) is 63.6 cm³/mol. The SMILES string of the molecule is Nc1nc(Cl)cc(N[C@@H]2C[C@H](CO)[C@@H](F)C2)n1. The van der Waals surface area contributed by atoms with Crippen molar-refractivity contribution in [2.45, 2.75) is 25.1 Å². The van der Waals surface area contributed by atoms with Crippen LogP contribution in [0.2, 0.25) is 5.15 Å². The molecular weight excluding hydrogens is 247 g/mol. The molecule has 0 saturated heterocycles. The lowest BCUT2D eigenvalue weighted by Gasteiger charge is -2.13. The van der Waals surface area contributed by atoms with Gasteiger partial charge in [-0.05, 0) is 12.8 Å². The lowest BCUT2D eigenvalue weighted by Crippen LogP contribution is -2.17. The minimum Gasteiger partial charge on any atom is -0.396 e. The van der Waals surface area contributed by atoms with E-state index in [9.17, 15) is 4.39 Å². The van der Waals surface area contributed by atoms with Crippen molar-refractivity contribution in [2.24, 2.45) is 5.92 Å². The Hall–Kier alpha value is -1.14. The van der Waals surface area contributed by atoms with Gasteiger partial charge in [-0.15, -0.1) is 0 Å². The smallest absolute Gasteiger partial charge is 0.223 e. The summed E-state index contributed by atoms with van der Waals surface area (Å²) in [5.74, 6) is 0.258. The number of alkyl halides is 1. The fourth-order valence-electron chi connectivity index (χ4n) is 2.10. The first-order chi connectivity index (χ1) is 8.08. The van der Waals surface area contributed by atoms with Crippen LogP contribution in [-0.4, -0.2) is 33.9 Å². The Morgan fingerprint density at radius 2 is 2.29 bits per heavy atom. The summed E-state index contributed by atoms with van der Waals surface area (Å²) in [6.45, 7) is -0.133. The Morgan fingerprint density at radius 3 is 2.88 bits per heavy atom. The number of nitrogens with two attached hydrogens (primary N) is 1. The number of anilines is 2. The van der Waals surface area contributed by atoms with Crippen LogP contribution in [0, 0.1) is 5.92 Å². The van der Waals surface area contributed by atoms with Crippen molar-refractivity contribution in [3.8, 4) is 0 Å². The van der Waals surface area contributed by atoms with E-state index in [2.05, 4.69) is 15.3 Å². The minimum atomic E-state index is -0.979. The van der Waals surface area contributed by atoms with E-state index in [-0.39, 0.29) is 29.7 Å². The normalized spacial score (nSPS) is 28.3. The maximum absolute atomic E-state index is 13.4. The molecule has 1 saturated carbocycles. The van der Waals surface area contributed by atoms with E-state index >= 15 is 0 Å². The molecule has 94 valence electrons. The summed E-state index contributed by atoms with van der Waals surface area (Å²) in [4.78, 5) is 7.69. The number of halogens is 2. The standard InChI is InChI=1S/C10H14ClFN4O/c11-8-3-9(16-10(13)15-8)14-6-1-5(4-17)7(12)2-6/h3,5-7,17H,1-2,4H2,(H3,13,14,15,16)/t5-,6-,7+/m1/s1. The zero-order valence-electron chi connectivity index (χ0n) is 9.11. The average molecular weight is 261 g/mol. The second-order valence-corrected chi connectivity index (χ2v) is 4.59. The van der Waals surface area contributed by atoms with Gasteiger partial charge >= 0.3 is 0 Å². The Bertz CT molecular complexity index is 386. The molecule has 7 heteroatoms. The maximum Gasteiger partial charge on any atom is 0.223 e. The van der Waals surface area contributed by atoms with Crippen molar-refractivity contribution in [1.82, 2.24) is 9.97 Å². The third-order valence-corrected chi connectivity index (χ3v) is 3.10. The monoisotopic (exact) mass is 260 g/mol. The van der Waals surface area contributed by atoms with Gasteiger partial charge in [-0.3, -0.25) is 0 Å². The molecular formula is C10H14ClFN4O. The number of nitrogens with one attached hydrogen (secondary N) is 1. The highest BCUT2D eigenvalue weighted by Crippen LogP contribution is 2.30. The molecule has 0 bridgehead atoms. The Morgan fingerprint density at radius 1 is 1.53 bits per heavy atom. The van der Waals surface area contributed by atoms with Crippen LogP contribution in [0.4, 0.5) is 16.2 Å². The number of nitrogen functional groups attached to an aromatic ring is 1. The number of aliphatic hydroxyl groups is 1. The summed E-state index contributed by atoms with van der Waals surface area (Å²) >= 11 is 5.74. The van der Waals surface area contributed by atoms with Crippen molar-refractivity contribution < 1.29 is 9.50 Å². The highest BCUT2D eigenvalue weighted by molar-refractivity contribution is 6.29. The fraction of sp³-hybridized carbons (Fsp3) is 0.600. The molecule has 0 amide bonds. The van der Waals surface area contributed by atoms with Gasteiger partial charge in [-0.2, -0.15) is 4.98 Å². The first-order valence-electron chi connectivity index (χ1n) is 5.40. The number of rotatable bonds is 3. The van der Waals surface area contributed by atoms with Gasteiger partial charge in [0.05, 0.1) is 0 Å². The summed E-state index contributed by atoms with van der Waals surface area (Å²) in [5.41, 5.74) is 5.45. The lowest BCUT2D eigenvalue weighted by molar-refractivity contribution is 0.162. The van der Waals surface area contributed by atoms with Gasteiger partial charge in [0.25, 0.3) is 0 Å². The van der Waals surface area contributed by atoms with Crippen molar-refractivity contribution in [3.63, 3.8) is 0 Å². The van der Waals surface area contributed by atoms with Crippen LogP contribution in [0.25, 0.3) is 0 Å². The minimum absolute atomic E-state index is 0.0625. The number of hydrogen-bond acceptors (Lipinski definition) is 5. The Balaban J connectivity index is 2.02. The number of hydrogen-bond donors (Lipinski definition) is 3. The molecule has 1 fully saturated rings. The quantitative estimate of drug-likeness (QED) is 0.712. The van der Waals surface area contributed by atoms with E-state index in [1.165, 1.54) is 6.07 Å². The van der Waals surface area contributed by atoms with Crippen LogP contribution in [0.1, 0.15) is 12.8 Å². The van der Waals surface area contributed by atoms with Crippen molar-refractivity contribution in [3.05, 3.63) is 11.2 Å². The van der Waals surface area contributed by atoms with Crippen molar-refractivity contribution in [1.29, 1.82) is 0 Å². The zero-order valence-corrected chi connectivity index (χ0v) is 9.86. The number of nitrogens with zero attached hydrogens (tertiary/aromatic N) is 2. The molecule has 0 radical (unpaired) electrons. The molecule has 0 spiro atoms. The van der Waals surface area contributed by atoms with Gasteiger partial charge in [-0.25, -0.2) is 9.37 Å². The summed E-state index contributed by atoms with van der Waals surface area (Å²) in [7, 11) is 0. The summed E-state index contributed by atoms with van der Waals surface area (Å²) in [5, 5.41) is 12.3. The van der Waals surface area contributed by atoms with Gasteiger partial charge in [-0.1, -0.05) is 11.6 Å². The van der Waals surface area contributed by atoms with Gasteiger partial charge in [0.15, 0.2) is 0 Å². The molecule has 1 aromatic heterocycles. The summed E-state index contributed by atoms with van der Waals surface area (Å²) in [6, 6.07) is 1.48. The van der Waals surface area contributed by atoms with Gasteiger partial charge in [0, 0.05) is 24.6 Å². The molecule has 5 nitrogen and oxygen atoms in total. The second kappa shape index (κ2) is 5.01. The maximum atomic E-state index is 13.4. The first kappa shape index (κ1) is 12.3. The first-order valence-corrected chi connectivity index (χ1v) is 5.78. The highest BCUT2D eigenvalue weighted by atomic mass is 35.5. The third-order valence-electron chi connectivity index (χ3n) is 2.91. The van der Waals surface area contributed by atoms with Crippen LogP contribution in [-0.2, 0) is 0 Å². The van der Waals surface area contributed by atoms with E-state index < -0.39 is 6.17 Å². The number of aromatic nitrogens is 2. The van der Waals surface area contributed by atoms with Crippen LogP contribution in [0.15, 0.2) is 6.07 Å². The fourth-order valence-corrected chi connectivity index (χ4v) is 2.29. The molecule has 1 aliphatic carbocycles. The zero-order chi connectivity index (χ0) is 12.4. The summed E-state index contributed by atoms with van der Waals surface area (Å²) in [6.07, 6.45) is -0.0569. The van der Waals surface area contributed by atoms with Gasteiger partial charge in [0.2, 0.25) is 5.95 Å². The highest BCUT2D eigenvalue weighted by Gasteiger charge is 2.34. The van der Waals surface area contributed by atoms with Crippen LogP contribution < -0.4 is 11.1 Å². The number of aliphatic hydroxyl groups excluding tert-OH is 1. The van der Waals surface area contributed by atoms with Crippen LogP contribution >= 0.6 is 11.6 Å². The van der Waals surface area contributed by atoms with Crippen LogP contribution in [0.5, 0.6) is 0 Å². The lowest BCUT2D eigenvalue weighted by atomic mass is 10.1. The van der Waals surface area contributed by atoms with E-state index in [0.717, 1.165) is 0 Å². The molecule has 4 N–H and O–H groups in total. The average Bonchev–Trinajstić information content (AvgIpc) is 2.57. The van der Waals surface area contributed by atoms with Crippen molar-refractivity contribution >= 4 is 23.4 Å². The Labute approximate surface area is 103 Å². The molecule has 2 rings (SSSR count). The largest absolute Gasteiger partial charge is 0.396 e. The van der Waals surface area contributed by atoms with Crippen molar-refractivity contribution in [2.75, 3.05) is 17.7 Å². The molecule has 1 heterocycles. The Kier molecular flexibility index (Phi) is 3.63. The van der Waals surface area contributed by atoms with E-state index in [1.54, 1.807) is 0 Å². The molecule has 1 aromatic rings. The molecule has 1 aliphatic rings. The van der Waals surface area contributed by atoms with E-state index in [1.807, 2.05) is 0 Å². The van der Waals surface area contributed by atoms with Gasteiger partial charge in [0.1, 0.15) is 17.1 Å². The summed E-state index contributed by atoms with van der Waals surface area (Å²) < 4.78 is 13.4. The molecule has 0 unspecified atom stereocenters. The third kappa shape index (κ3) is 2.95. The molecule has 17 heavy (non-hydrogen) atoms. The predicted octanol–water partition coefficient (Wildman–Crippen LogP) is 1.23. The van der Waals surface area contributed by atoms with Crippen LogP contribution in [0.3, 0.4) is 0 Å². The molecule has 0 aliphatic heterocycles.